The minimum absolute atomic E-state index is 0.0550. The number of carbonyl (C=O) groups is 2. The molecule has 2 aromatic heterocycles. The molecule has 10 rings (SSSR count). The van der Waals surface area contributed by atoms with Gasteiger partial charge in [-0.15, -0.1) is 0 Å². The molecule has 64 heavy (non-hydrogen) atoms. The first-order chi connectivity index (χ1) is 31.3. The van der Waals surface area contributed by atoms with E-state index in [1.54, 1.807) is 4.90 Å². The zero-order valence-corrected chi connectivity index (χ0v) is 49.1. The molecule has 4 aliphatic rings. The smallest absolute Gasteiger partial charge is 0.231 e. The number of nitrogens with zero attached hydrogens (tertiary/aromatic N) is 5. The molecule has 2 amide bonds. The first kappa shape index (κ1) is 52.4. The second kappa shape index (κ2) is 27.3. The van der Waals surface area contributed by atoms with Crippen molar-refractivity contribution in [3.63, 3.8) is 0 Å². The van der Waals surface area contributed by atoms with Crippen LogP contribution < -0.4 is 23.5 Å². The maximum atomic E-state index is 12.0. The number of rotatable bonds is 10. The molecular weight excluding hydrogens is 1480 g/mol. The van der Waals surface area contributed by atoms with Gasteiger partial charge in [0.1, 0.15) is 0 Å². The number of likely N-dealkylation sites (N-methyl/N-ethyl adjacent to an activating group) is 1. The van der Waals surface area contributed by atoms with Crippen molar-refractivity contribution >= 4 is 142 Å². The third kappa shape index (κ3) is 14.5. The number of aromatic nitrogens is 2. The van der Waals surface area contributed by atoms with E-state index in [1.165, 1.54) is 63.0 Å². The second-order valence-electron chi connectivity index (χ2n) is 16.6. The second-order valence-corrected chi connectivity index (χ2v) is 32.9. The van der Waals surface area contributed by atoms with Crippen LogP contribution in [0.15, 0.2) is 94.0 Å². The molecule has 0 bridgehead atoms. The number of hydrogen-bond acceptors (Lipinski definition) is 8. The predicted molar refractivity (Wildman–Crippen MR) is 299 cm³/mol. The van der Waals surface area contributed by atoms with Crippen LogP contribution in [0.5, 0.6) is 0 Å². The van der Waals surface area contributed by atoms with Crippen molar-refractivity contribution in [2.24, 2.45) is 11.8 Å². The van der Waals surface area contributed by atoms with E-state index in [1.807, 2.05) is 24.1 Å². The largest absolute Gasteiger partial charge is 0.356 e. The van der Waals surface area contributed by atoms with E-state index in [4.69, 9.17) is 9.05 Å². The number of benzene rings is 4. The number of nitrogens with one attached hydrogen (secondary N) is 1. The van der Waals surface area contributed by atoms with Gasteiger partial charge in [0.05, 0.1) is 29.9 Å². The summed E-state index contributed by atoms with van der Waals surface area (Å²) in [4.78, 5) is 32.4. The number of likely N-dealkylation sites (tertiary alicyclic amines) is 2. The maximum Gasteiger partial charge on any atom is 0.231 e. The van der Waals surface area contributed by atoms with Crippen LogP contribution in [0.2, 0.25) is 0 Å². The van der Waals surface area contributed by atoms with E-state index in [9.17, 15) is 9.59 Å². The van der Waals surface area contributed by atoms with Crippen molar-refractivity contribution in [1.29, 1.82) is 0 Å². The van der Waals surface area contributed by atoms with Crippen LogP contribution in [0.1, 0.15) is 72.2 Å². The van der Waals surface area contributed by atoms with Crippen LogP contribution in [0.25, 0.3) is 21.9 Å². The topological polar surface area (TPSA) is 108 Å². The molecule has 2 saturated heterocycles. The van der Waals surface area contributed by atoms with Gasteiger partial charge in [0.2, 0.25) is 11.8 Å². The van der Waals surface area contributed by atoms with Gasteiger partial charge in [-0.1, -0.05) is 93.6 Å². The number of anilines is 2. The Bertz CT molecular complexity index is 2380. The Morgan fingerprint density at radius 2 is 1.12 bits per heavy atom. The molecule has 4 aromatic carbocycles. The molecule has 0 unspecified atom stereocenters. The molecular formula is C48H55I6N6O4-. The van der Waals surface area contributed by atoms with Gasteiger partial charge in [0.25, 0.3) is 0 Å². The minimum atomic E-state index is 0.0550. The molecule has 0 saturated carbocycles. The fraction of sp³-hybridized carbons (Fsp3) is 0.417. The van der Waals surface area contributed by atoms with Gasteiger partial charge < -0.3 is 19.3 Å². The Hall–Kier alpha value is -0.940. The summed E-state index contributed by atoms with van der Waals surface area (Å²) in [5, 5.41) is 13.7. The van der Waals surface area contributed by atoms with Gasteiger partial charge >= 0.3 is 50.5 Å². The number of hydrogen-bond donors (Lipinski definition) is 1. The number of amides is 2. The summed E-state index contributed by atoms with van der Waals surface area (Å²) in [6.07, 6.45) is 10.1. The van der Waals surface area contributed by atoms with Crippen LogP contribution in [-0.2, 0) is 48.4 Å². The number of halogens is 6. The predicted octanol–water partition coefficient (Wildman–Crippen LogP) is 9.96. The van der Waals surface area contributed by atoms with Gasteiger partial charge in [-0.3, -0.25) is 19.4 Å². The molecule has 1 N–H and O–H groups in total. The zero-order valence-electron chi connectivity index (χ0n) is 36.2. The third-order valence-electron chi connectivity index (χ3n) is 12.7. The van der Waals surface area contributed by atoms with Gasteiger partial charge in [0, 0.05) is 86.0 Å². The summed E-state index contributed by atoms with van der Waals surface area (Å²) in [7, 11) is 1.82. The number of carbonyl (C=O) groups excluding carboxylic acids is 2. The summed E-state index contributed by atoms with van der Waals surface area (Å²) in [6.45, 7) is 6.78. The van der Waals surface area contributed by atoms with Crippen molar-refractivity contribution in [3.05, 3.63) is 119 Å². The quantitative estimate of drug-likeness (QED) is 0.107. The number of aryl methyl sites for hydroxylation is 2. The molecule has 10 nitrogen and oxygen atoms in total. The summed E-state index contributed by atoms with van der Waals surface area (Å²) in [5.41, 5.74) is 10.4. The first-order valence-corrected chi connectivity index (χ1v) is 42.7. The number of alkyl halides is 1. The Morgan fingerprint density at radius 1 is 0.672 bits per heavy atom. The summed E-state index contributed by atoms with van der Waals surface area (Å²) in [5.74, 6) is 1.69. The molecule has 0 aliphatic carbocycles. The molecule has 4 aliphatic heterocycles. The zero-order chi connectivity index (χ0) is 45.4. The van der Waals surface area contributed by atoms with Crippen molar-refractivity contribution in [2.45, 2.75) is 77.3 Å². The summed E-state index contributed by atoms with van der Waals surface area (Å²) < 4.78 is 11.1. The molecule has 6 aromatic rings. The molecule has 344 valence electrons. The van der Waals surface area contributed by atoms with E-state index in [-0.39, 0.29) is 11.8 Å². The van der Waals surface area contributed by atoms with E-state index < -0.39 is 0 Å². The summed E-state index contributed by atoms with van der Waals surface area (Å²) in [6, 6.07) is 29.5. The standard InChI is InChI=1S/C24H27N3O2.C23H25N3O2.CH3I.I3.I2/c1-26-22-15-23-20(13-19(22)14-24(26)28)21(25-29-23)8-7-17-9-11-27(12-10-17)16-18-5-3-2-4-6-18;27-23-13-18-12-19-20(25-28-22(19)14-21(18)24-23)7-6-16-8-10-26(11-9-16)15-17-4-2-1-3-5-17;1-2;1-3-2;1-2/h2-6,13,15,17H,7-12,14,16H2,1H3;1-5,12,14,16H,6-11,13,15H2,(H,24,27);1H3;;/q;;;-1;/i1-1;;1-1;;. The molecule has 2 fully saturated rings. The fourth-order valence-electron chi connectivity index (χ4n) is 9.24. The van der Waals surface area contributed by atoms with Gasteiger partial charge in [-0.2, -0.15) is 0 Å². The monoisotopic (exact) mass is 1540 g/mol. The average molecular weight is 1540 g/mol. The Balaban J connectivity index is 0.000000187. The van der Waals surface area contributed by atoms with Crippen LogP contribution in [-0.4, -0.2) is 70.1 Å². The molecule has 0 radical (unpaired) electrons. The van der Waals surface area contributed by atoms with E-state index in [0.717, 1.165) is 106 Å². The summed E-state index contributed by atoms with van der Waals surface area (Å²) >= 11 is 11.7. The van der Waals surface area contributed by atoms with E-state index in [2.05, 4.69) is 195 Å². The van der Waals surface area contributed by atoms with Crippen LogP contribution in [0, 0.1) is 11.8 Å². The third-order valence-corrected chi connectivity index (χ3v) is 12.7. The first-order valence-electron chi connectivity index (χ1n) is 21.6. The number of piperidine rings is 2. The molecule has 0 spiro atoms. The average Bonchev–Trinajstić information content (AvgIpc) is 4.10. The van der Waals surface area contributed by atoms with Crippen molar-refractivity contribution in [1.82, 2.24) is 20.1 Å². The van der Waals surface area contributed by atoms with E-state index in [0.29, 0.717) is 26.1 Å². The van der Waals surface area contributed by atoms with Gasteiger partial charge in [0.15, 0.2) is 11.2 Å². The van der Waals surface area contributed by atoms with Crippen molar-refractivity contribution in [3.8, 4) is 0 Å². The minimum Gasteiger partial charge on any atom is -0.356 e. The van der Waals surface area contributed by atoms with Crippen LogP contribution in [0.3, 0.4) is 0 Å². The SMILES string of the molecule is II.I[I-]I.O=C1Cc2cc3c(CCC4CCN(Cc5ccccc5)CC4)noc3cc2N1.[11CH3]I.[11CH3]N1C(=O)Cc2cc3c(CCC4CCN(Cc5ccccc5)CC4)noc3cc21. The maximum absolute atomic E-state index is 12.0. The Morgan fingerprint density at radius 3 is 1.61 bits per heavy atom. The number of fused-ring (bicyclic) bond motifs is 4. The molecule has 6 heterocycles. The van der Waals surface area contributed by atoms with E-state index >= 15 is 0 Å². The normalized spacial score (nSPS) is 16.5. The Kier molecular flexibility index (Phi) is 22.4. The van der Waals surface area contributed by atoms with Crippen molar-refractivity contribution in [2.75, 3.05) is 48.4 Å². The van der Waals surface area contributed by atoms with Gasteiger partial charge in [-0.25, -0.2) is 0 Å². The van der Waals surface area contributed by atoms with Crippen molar-refractivity contribution < 1.29 is 31.9 Å². The van der Waals surface area contributed by atoms with Crippen LogP contribution in [0.4, 0.5) is 11.4 Å². The fourth-order valence-corrected chi connectivity index (χ4v) is 9.24. The van der Waals surface area contributed by atoms with Crippen LogP contribution >= 0.6 is 97.1 Å². The van der Waals surface area contributed by atoms with Gasteiger partial charge in [-0.05, 0) is 129 Å². The Labute approximate surface area is 444 Å². The molecule has 16 heteroatoms. The molecule has 0 atom stereocenters.